The first kappa shape index (κ1) is 30.7. The number of amides is 1. The van der Waals surface area contributed by atoms with Crippen LogP contribution in [0.25, 0.3) is 0 Å². The number of halogens is 9. The van der Waals surface area contributed by atoms with Crippen molar-refractivity contribution in [3.63, 3.8) is 0 Å². The number of aromatic nitrogens is 1. The molecule has 0 spiro atoms. The minimum absolute atomic E-state index is 0.0365. The lowest BCUT2D eigenvalue weighted by atomic mass is 10.0. The van der Waals surface area contributed by atoms with Crippen molar-refractivity contribution < 1.29 is 49.0 Å². The first-order valence-corrected chi connectivity index (χ1v) is 11.9. The number of nitrogens with zero attached hydrogens (tertiary/aromatic N) is 2. The highest BCUT2D eigenvalue weighted by molar-refractivity contribution is 5.83. The van der Waals surface area contributed by atoms with Crippen LogP contribution in [0.4, 0.5) is 50.0 Å². The van der Waals surface area contributed by atoms with Crippen molar-refractivity contribution in [3.05, 3.63) is 57.9 Å². The molecule has 0 saturated carbocycles. The van der Waals surface area contributed by atoms with Gasteiger partial charge in [-0.3, -0.25) is 4.98 Å². The number of aryl methyl sites for hydroxylation is 2. The number of carbonyl (C=O) groups excluding carboxylic acids is 1. The van der Waals surface area contributed by atoms with Crippen LogP contribution in [0.2, 0.25) is 0 Å². The second-order valence-corrected chi connectivity index (χ2v) is 10.3. The zero-order chi connectivity index (χ0) is 29.6. The number of rotatable bonds is 3. The normalized spacial score (nSPS) is 18.9. The van der Waals surface area contributed by atoms with Crippen LogP contribution in [-0.2, 0) is 36.2 Å². The van der Waals surface area contributed by atoms with Gasteiger partial charge in [-0.1, -0.05) is 0 Å². The molecule has 0 radical (unpaired) electrons. The first-order valence-electron chi connectivity index (χ1n) is 11.9. The Morgan fingerprint density at radius 1 is 0.897 bits per heavy atom. The number of ether oxygens (including phenoxy) is 1. The Balaban J connectivity index is 2.20. The van der Waals surface area contributed by atoms with Crippen molar-refractivity contribution in [3.8, 4) is 0 Å². The first-order chi connectivity index (χ1) is 17.6. The summed E-state index contributed by atoms with van der Waals surface area (Å²) < 4.78 is 126. The SMILES string of the molecule is Cc1nc2c(cc1C(F)(F)F)[N+](NCc1cc(C(F)(F)F)cc(C(F)(F)F)c1)(C(=O)OC(C)(C)C)CCCC2. The van der Waals surface area contributed by atoms with Gasteiger partial charge in [-0.2, -0.15) is 44.3 Å². The summed E-state index contributed by atoms with van der Waals surface area (Å²) in [5, 5.41) is 0. The molecule has 39 heavy (non-hydrogen) atoms. The van der Waals surface area contributed by atoms with Gasteiger partial charge in [0.25, 0.3) is 0 Å². The van der Waals surface area contributed by atoms with Gasteiger partial charge in [0.1, 0.15) is 17.8 Å². The maximum Gasteiger partial charge on any atom is 0.541 e. The van der Waals surface area contributed by atoms with E-state index in [-0.39, 0.29) is 42.5 Å². The monoisotopic (exact) mass is 572 g/mol. The summed E-state index contributed by atoms with van der Waals surface area (Å²) in [6.45, 7) is 4.77. The molecule has 5 nitrogen and oxygen atoms in total. The minimum atomic E-state index is -5.11. The average molecular weight is 572 g/mol. The summed E-state index contributed by atoms with van der Waals surface area (Å²) in [4.78, 5) is 17.7. The number of pyridine rings is 1. The highest BCUT2D eigenvalue weighted by Crippen LogP contribution is 2.40. The Morgan fingerprint density at radius 3 is 1.95 bits per heavy atom. The lowest BCUT2D eigenvalue weighted by molar-refractivity contribution is -0.143. The van der Waals surface area contributed by atoms with Gasteiger partial charge >= 0.3 is 24.6 Å². The molecule has 1 aromatic heterocycles. The van der Waals surface area contributed by atoms with E-state index in [1.165, 1.54) is 20.8 Å². The fourth-order valence-corrected chi connectivity index (χ4v) is 4.31. The van der Waals surface area contributed by atoms with Gasteiger partial charge in [0, 0.05) is 6.07 Å². The second-order valence-electron chi connectivity index (χ2n) is 10.3. The lowest BCUT2D eigenvalue weighted by Crippen LogP contribution is -2.65. The van der Waals surface area contributed by atoms with Crippen LogP contribution in [-0.4, -0.2) is 23.2 Å². The van der Waals surface area contributed by atoms with Crippen LogP contribution in [0.15, 0.2) is 24.3 Å². The summed E-state index contributed by atoms with van der Waals surface area (Å²) >= 11 is 0. The number of hydrogen-bond acceptors (Lipinski definition) is 4. The molecule has 2 heterocycles. The van der Waals surface area contributed by atoms with Crippen LogP contribution < -0.4 is 10.0 Å². The number of benzene rings is 1. The molecule has 1 aliphatic heterocycles. The van der Waals surface area contributed by atoms with Crippen LogP contribution in [0, 0.1) is 6.92 Å². The molecule has 14 heteroatoms. The highest BCUT2D eigenvalue weighted by atomic mass is 19.4. The van der Waals surface area contributed by atoms with Crippen LogP contribution >= 0.6 is 0 Å². The standard InChI is InChI=1S/C25H27F9N3O2/c1-14-18(25(32,33)34)12-20-19(36-14)7-5-6-8-37(20,21(38)39-22(2,3)4)35-13-15-9-16(23(26,27)28)11-17(10-15)24(29,30)31/h9-12,35H,5-8,13H2,1-4H3/q+1. The molecule has 0 bridgehead atoms. The third-order valence-electron chi connectivity index (χ3n) is 6.05. The van der Waals surface area contributed by atoms with Gasteiger partial charge in [-0.25, -0.2) is 0 Å². The van der Waals surface area contributed by atoms with Gasteiger partial charge < -0.3 is 4.74 Å². The molecular weight excluding hydrogens is 545 g/mol. The van der Waals surface area contributed by atoms with Crippen molar-refractivity contribution in [2.24, 2.45) is 0 Å². The van der Waals surface area contributed by atoms with E-state index in [0.29, 0.717) is 18.6 Å². The fourth-order valence-electron chi connectivity index (χ4n) is 4.31. The van der Waals surface area contributed by atoms with Crippen LogP contribution in [0.3, 0.4) is 0 Å². The van der Waals surface area contributed by atoms with Gasteiger partial charge in [-0.05, 0) is 70.7 Å². The molecule has 216 valence electrons. The molecule has 1 aliphatic rings. The largest absolute Gasteiger partial charge is 0.541 e. The summed E-state index contributed by atoms with van der Waals surface area (Å²) in [5.41, 5.74) is -3.65. The van der Waals surface area contributed by atoms with Crippen molar-refractivity contribution in [2.75, 3.05) is 6.54 Å². The maximum atomic E-state index is 13.8. The van der Waals surface area contributed by atoms with E-state index in [9.17, 15) is 44.3 Å². The van der Waals surface area contributed by atoms with E-state index in [0.717, 1.165) is 13.0 Å². The molecule has 1 aromatic carbocycles. The molecule has 2 aromatic rings. The second kappa shape index (κ2) is 10.3. The Kier molecular flexibility index (Phi) is 8.07. The average Bonchev–Trinajstić information content (AvgIpc) is 2.93. The van der Waals surface area contributed by atoms with E-state index in [2.05, 4.69) is 10.4 Å². The van der Waals surface area contributed by atoms with Gasteiger partial charge in [-0.15, -0.1) is 10.0 Å². The fraction of sp³-hybridized carbons (Fsp3) is 0.520. The third-order valence-corrected chi connectivity index (χ3v) is 6.05. The van der Waals surface area contributed by atoms with Crippen molar-refractivity contribution in [1.82, 2.24) is 15.0 Å². The molecule has 1 N–H and O–H groups in total. The van der Waals surface area contributed by atoms with E-state index in [4.69, 9.17) is 4.74 Å². The van der Waals surface area contributed by atoms with Crippen LogP contribution in [0.1, 0.15) is 67.3 Å². The smallest absolute Gasteiger partial charge is 0.413 e. The van der Waals surface area contributed by atoms with Gasteiger partial charge in [0.05, 0.1) is 28.9 Å². The molecule has 0 aliphatic carbocycles. The Labute approximate surface area is 218 Å². The minimum Gasteiger partial charge on any atom is -0.413 e. The van der Waals surface area contributed by atoms with Crippen molar-refractivity contribution in [1.29, 1.82) is 0 Å². The number of hydrogen-bond donors (Lipinski definition) is 1. The molecule has 0 saturated heterocycles. The zero-order valence-corrected chi connectivity index (χ0v) is 21.5. The molecule has 1 atom stereocenters. The topological polar surface area (TPSA) is 51.2 Å². The lowest BCUT2D eigenvalue weighted by Gasteiger charge is -2.36. The van der Waals surface area contributed by atoms with E-state index >= 15 is 0 Å². The molecule has 1 amide bonds. The summed E-state index contributed by atoms with van der Waals surface area (Å²) in [6, 6.07) is 1.68. The predicted octanol–water partition coefficient (Wildman–Crippen LogP) is 7.73. The maximum absolute atomic E-state index is 13.8. The number of alkyl halides is 9. The van der Waals surface area contributed by atoms with E-state index in [1.807, 2.05) is 0 Å². The number of nitrogens with one attached hydrogen (secondary N) is 1. The zero-order valence-electron chi connectivity index (χ0n) is 21.5. The number of carbonyl (C=O) groups is 1. The quantitative estimate of drug-likeness (QED) is 0.302. The molecule has 1 unspecified atom stereocenters. The van der Waals surface area contributed by atoms with E-state index in [1.54, 1.807) is 0 Å². The molecule has 3 rings (SSSR count). The third kappa shape index (κ3) is 7.02. The predicted molar refractivity (Wildman–Crippen MR) is 123 cm³/mol. The van der Waals surface area contributed by atoms with Gasteiger partial charge in [0.2, 0.25) is 0 Å². The van der Waals surface area contributed by atoms with E-state index < -0.39 is 63.6 Å². The Bertz CT molecular complexity index is 1200. The summed E-state index contributed by atoms with van der Waals surface area (Å²) in [6.07, 6.45) is -15.3. The molecule has 0 fully saturated rings. The molecular formula is C25H27F9N3O2+. The highest BCUT2D eigenvalue weighted by Gasteiger charge is 2.49. The Hall–Kier alpha value is -2.87. The summed E-state index contributed by atoms with van der Waals surface area (Å²) in [7, 11) is 0. The number of fused-ring (bicyclic) bond motifs is 1. The Morgan fingerprint density at radius 2 is 1.46 bits per heavy atom. The van der Waals surface area contributed by atoms with Crippen molar-refractivity contribution >= 4 is 11.8 Å². The number of quaternary nitrogens is 1. The van der Waals surface area contributed by atoms with Crippen LogP contribution in [0.5, 0.6) is 0 Å². The van der Waals surface area contributed by atoms with Crippen molar-refractivity contribution in [2.45, 2.75) is 77.6 Å². The summed E-state index contributed by atoms with van der Waals surface area (Å²) in [5.74, 6) is 0. The van der Waals surface area contributed by atoms with Gasteiger partial charge in [0.15, 0.2) is 5.69 Å².